The molecule has 0 bridgehead atoms. The van der Waals surface area contributed by atoms with Gasteiger partial charge in [-0.3, -0.25) is 9.69 Å². The Hall–Kier alpha value is -2.72. The molecule has 1 aromatic rings. The van der Waals surface area contributed by atoms with E-state index in [4.69, 9.17) is 16.3 Å². The zero-order valence-electron chi connectivity index (χ0n) is 22.1. The Morgan fingerprint density at radius 2 is 2.00 bits per heavy atom. The number of piperidine rings is 1. The molecule has 2 fully saturated rings. The summed E-state index contributed by atoms with van der Waals surface area (Å²) >= 11 is 5.88. The van der Waals surface area contributed by atoms with E-state index in [1.165, 1.54) is 11.0 Å². The van der Waals surface area contributed by atoms with Crippen molar-refractivity contribution in [3.8, 4) is 6.07 Å². The molecule has 2 aliphatic heterocycles. The summed E-state index contributed by atoms with van der Waals surface area (Å²) in [7, 11) is -1.84. The van der Waals surface area contributed by atoms with Gasteiger partial charge in [0.2, 0.25) is 0 Å². The maximum atomic E-state index is 13.8. The van der Waals surface area contributed by atoms with Crippen molar-refractivity contribution in [2.45, 2.75) is 69.4 Å². The Morgan fingerprint density at radius 1 is 1.31 bits per heavy atom. The van der Waals surface area contributed by atoms with Gasteiger partial charge in [0.25, 0.3) is 11.8 Å². The number of amides is 2. The Bertz CT molecular complexity index is 1100. The summed E-state index contributed by atoms with van der Waals surface area (Å²) < 4.78 is 32.9. The Balaban J connectivity index is 1.62. The van der Waals surface area contributed by atoms with Crippen LogP contribution in [-0.4, -0.2) is 88.7 Å². The lowest BCUT2D eigenvalue weighted by Crippen LogP contribution is -2.50. The van der Waals surface area contributed by atoms with Crippen LogP contribution >= 0.6 is 11.6 Å². The van der Waals surface area contributed by atoms with Gasteiger partial charge in [0, 0.05) is 30.1 Å². The van der Waals surface area contributed by atoms with Gasteiger partial charge in [-0.1, -0.05) is 23.7 Å². The highest BCUT2D eigenvalue weighted by Gasteiger charge is 2.43. The topological polar surface area (TPSA) is 126 Å². The summed E-state index contributed by atoms with van der Waals surface area (Å²) in [5.41, 5.74) is -0.372. The summed E-state index contributed by atoms with van der Waals surface area (Å²) in [4.78, 5) is 28.9. The molecule has 13 heteroatoms. The monoisotopic (exact) mass is 566 g/mol. The minimum Gasteiger partial charge on any atom is -0.447 e. The van der Waals surface area contributed by atoms with Crippen LogP contribution in [0.1, 0.15) is 45.1 Å². The smallest absolute Gasteiger partial charge is 0.447 e. The number of alkyl halides is 2. The lowest BCUT2D eigenvalue weighted by Gasteiger charge is -2.36. The van der Waals surface area contributed by atoms with Crippen LogP contribution in [0.2, 0.25) is 5.02 Å². The second kappa shape index (κ2) is 13.1. The van der Waals surface area contributed by atoms with Crippen LogP contribution < -0.4 is 5.32 Å². The van der Waals surface area contributed by atoms with E-state index >= 15 is 0 Å². The summed E-state index contributed by atoms with van der Waals surface area (Å²) in [6.07, 6.45) is 2.42. The van der Waals surface area contributed by atoms with Crippen LogP contribution in [0, 0.1) is 11.3 Å². The van der Waals surface area contributed by atoms with E-state index in [2.05, 4.69) is 5.32 Å². The number of carbonyl (C=O) groups is 2. The van der Waals surface area contributed by atoms with Crippen LogP contribution in [0.3, 0.4) is 0 Å². The van der Waals surface area contributed by atoms with Crippen molar-refractivity contribution in [2.24, 2.45) is 0 Å². The van der Waals surface area contributed by atoms with E-state index in [1.54, 1.807) is 43.0 Å². The highest BCUT2D eigenvalue weighted by atomic mass is 35.5. The van der Waals surface area contributed by atoms with Gasteiger partial charge < -0.3 is 25.0 Å². The van der Waals surface area contributed by atoms with Gasteiger partial charge in [0.15, 0.2) is 0 Å². The van der Waals surface area contributed by atoms with Gasteiger partial charge in [0.1, 0.15) is 18.2 Å². The first-order valence-electron chi connectivity index (χ1n) is 12.9. The molecular formula is C26H34BClF2N4O5. The first-order chi connectivity index (χ1) is 18.3. The summed E-state index contributed by atoms with van der Waals surface area (Å²) in [6.45, 7) is 3.28. The molecule has 1 unspecified atom stereocenters. The van der Waals surface area contributed by atoms with Crippen molar-refractivity contribution in [3.05, 3.63) is 46.5 Å². The van der Waals surface area contributed by atoms with Crippen LogP contribution in [0.15, 0.2) is 35.9 Å². The summed E-state index contributed by atoms with van der Waals surface area (Å²) in [5.74, 6) is -4.40. The van der Waals surface area contributed by atoms with Crippen molar-refractivity contribution in [1.82, 2.24) is 15.1 Å². The number of benzene rings is 1. The molecule has 0 radical (unpaired) electrons. The number of halogens is 3. The summed E-state index contributed by atoms with van der Waals surface area (Å²) in [5, 5.41) is 32.1. The first kappa shape index (κ1) is 30.8. The van der Waals surface area contributed by atoms with E-state index in [9.17, 15) is 33.7 Å². The molecule has 2 heterocycles. The van der Waals surface area contributed by atoms with Crippen molar-refractivity contribution in [1.29, 1.82) is 5.26 Å². The number of nitriles is 1. The highest BCUT2D eigenvalue weighted by molar-refractivity contribution is 6.43. The number of rotatable bonds is 9. The van der Waals surface area contributed by atoms with Gasteiger partial charge in [-0.2, -0.15) is 5.26 Å². The zero-order valence-corrected chi connectivity index (χ0v) is 22.8. The number of ether oxygens (including phenoxy) is 1. The largest absolute Gasteiger partial charge is 0.475 e. The van der Waals surface area contributed by atoms with Crippen LogP contribution in [-0.2, 0) is 16.0 Å². The fraction of sp³-hybridized carbons (Fsp3) is 0.577. The average molecular weight is 567 g/mol. The minimum atomic E-state index is -2.81. The van der Waals surface area contributed by atoms with E-state index in [0.717, 1.165) is 12.0 Å². The standard InChI is InChI=1S/C26H34BClF2N4O5/c1-25(2,33-12-10-26(29,30)17-33)14-19(15-31)23(35)34-11-4-3-5-21(34)16-39-24(36)32-22(27(37)38)13-18-6-8-20(28)9-7-18/h6-9,14,21-22,37-38H,3-5,10-13,16-17H2,1-2H3,(H,32,36)/t21-,22?/m1/s1. The third kappa shape index (κ3) is 8.63. The molecule has 0 aromatic heterocycles. The zero-order chi connectivity index (χ0) is 28.8. The number of likely N-dealkylation sites (tertiary alicyclic amines) is 2. The molecule has 3 N–H and O–H groups in total. The van der Waals surface area contributed by atoms with Gasteiger partial charge >= 0.3 is 13.2 Å². The molecule has 2 amide bonds. The fourth-order valence-electron chi connectivity index (χ4n) is 4.88. The average Bonchev–Trinajstić information content (AvgIpc) is 3.27. The maximum absolute atomic E-state index is 13.8. The molecule has 9 nitrogen and oxygen atoms in total. The van der Waals surface area contributed by atoms with Gasteiger partial charge in [-0.05, 0) is 63.3 Å². The maximum Gasteiger partial charge on any atom is 0.475 e. The van der Waals surface area contributed by atoms with Crippen molar-refractivity contribution in [2.75, 3.05) is 26.2 Å². The molecule has 2 atom stereocenters. The lowest BCUT2D eigenvalue weighted by molar-refractivity contribution is -0.131. The van der Waals surface area contributed by atoms with Crippen molar-refractivity contribution >= 4 is 30.7 Å². The quantitative estimate of drug-likeness (QED) is 0.238. The van der Waals surface area contributed by atoms with E-state index in [-0.39, 0.29) is 31.6 Å². The van der Waals surface area contributed by atoms with Gasteiger partial charge in [0.05, 0.1) is 18.5 Å². The number of hydrogen-bond donors (Lipinski definition) is 3. The molecule has 212 valence electrons. The van der Waals surface area contributed by atoms with Crippen molar-refractivity contribution < 1.29 is 33.2 Å². The molecule has 39 heavy (non-hydrogen) atoms. The lowest BCUT2D eigenvalue weighted by atomic mass is 9.76. The Morgan fingerprint density at radius 3 is 2.59 bits per heavy atom. The van der Waals surface area contributed by atoms with Crippen LogP contribution in [0.25, 0.3) is 0 Å². The molecule has 0 aliphatic carbocycles. The SMILES string of the molecule is CC(C)(C=C(C#N)C(=O)N1CCCC[C@@H]1COC(=O)NC(Cc1ccc(Cl)cc1)B(O)O)N1CCC(F)(F)C1. The minimum absolute atomic E-state index is 0.118. The third-order valence-electron chi connectivity index (χ3n) is 7.16. The summed E-state index contributed by atoms with van der Waals surface area (Å²) in [6, 6.07) is 8.12. The fourth-order valence-corrected chi connectivity index (χ4v) is 5.01. The number of alkyl carbamates (subject to hydrolysis) is 1. The molecular weight excluding hydrogens is 533 g/mol. The number of nitrogens with zero attached hydrogens (tertiary/aromatic N) is 3. The third-order valence-corrected chi connectivity index (χ3v) is 7.41. The van der Waals surface area contributed by atoms with Crippen molar-refractivity contribution in [3.63, 3.8) is 0 Å². The predicted octanol–water partition coefficient (Wildman–Crippen LogP) is 2.94. The Kier molecular flexibility index (Phi) is 10.3. The molecule has 0 saturated carbocycles. The first-order valence-corrected chi connectivity index (χ1v) is 13.3. The molecule has 0 spiro atoms. The number of hydrogen-bond acceptors (Lipinski definition) is 7. The number of carbonyl (C=O) groups excluding carboxylic acids is 2. The normalized spacial score (nSPS) is 20.7. The molecule has 2 saturated heterocycles. The second-order valence-corrected chi connectivity index (χ2v) is 11.0. The number of nitrogens with one attached hydrogen (secondary N) is 1. The predicted molar refractivity (Wildman–Crippen MR) is 142 cm³/mol. The van der Waals surface area contributed by atoms with E-state index in [1.807, 2.05) is 6.07 Å². The molecule has 3 rings (SSSR count). The molecule has 1 aromatic carbocycles. The second-order valence-electron chi connectivity index (χ2n) is 10.6. The van der Waals surface area contributed by atoms with Crippen LogP contribution in [0.4, 0.5) is 13.6 Å². The van der Waals surface area contributed by atoms with E-state index < -0.39 is 49.1 Å². The highest BCUT2D eigenvalue weighted by Crippen LogP contribution is 2.33. The molecule has 2 aliphatic rings. The van der Waals surface area contributed by atoms with Crippen LogP contribution in [0.5, 0.6) is 0 Å². The van der Waals surface area contributed by atoms with Gasteiger partial charge in [-0.15, -0.1) is 0 Å². The van der Waals surface area contributed by atoms with E-state index in [0.29, 0.717) is 24.4 Å². The Labute approximate surface area is 232 Å². The van der Waals surface area contributed by atoms with Gasteiger partial charge in [-0.25, -0.2) is 13.6 Å².